The summed E-state index contributed by atoms with van der Waals surface area (Å²) in [4.78, 5) is 0. The molecule has 0 unspecified atom stereocenters. The van der Waals surface area contributed by atoms with E-state index in [2.05, 4.69) is 6.92 Å². The molecule has 0 saturated carbocycles. The highest BCUT2D eigenvalue weighted by molar-refractivity contribution is 5.35. The van der Waals surface area contributed by atoms with Gasteiger partial charge in [-0.3, -0.25) is 0 Å². The first-order valence-corrected chi connectivity index (χ1v) is 5.01. The number of hydrogen-bond donors (Lipinski definition) is 0. The Morgan fingerprint density at radius 2 is 1.62 bits per heavy atom. The Morgan fingerprint density at radius 3 is 2.25 bits per heavy atom. The highest BCUT2D eigenvalue weighted by Crippen LogP contribution is 2.23. The van der Waals surface area contributed by atoms with E-state index in [1.807, 2.05) is 24.3 Å². The van der Waals surface area contributed by atoms with Crippen LogP contribution in [0.4, 0.5) is 4.39 Å². The van der Waals surface area contributed by atoms with Gasteiger partial charge in [0.1, 0.15) is 17.3 Å². The van der Waals surface area contributed by atoms with Crippen LogP contribution in [-0.4, -0.2) is 0 Å². The van der Waals surface area contributed by atoms with Crippen molar-refractivity contribution in [2.75, 3.05) is 0 Å². The molecule has 2 heteroatoms. The van der Waals surface area contributed by atoms with Crippen LogP contribution in [0.3, 0.4) is 0 Å². The molecule has 0 fully saturated rings. The van der Waals surface area contributed by atoms with Crippen LogP contribution in [0.1, 0.15) is 11.1 Å². The van der Waals surface area contributed by atoms with Crippen LogP contribution in [0.2, 0.25) is 0 Å². The van der Waals surface area contributed by atoms with Crippen molar-refractivity contribution >= 4 is 0 Å². The Morgan fingerprint density at radius 1 is 1.00 bits per heavy atom. The molecule has 16 heavy (non-hydrogen) atoms. The summed E-state index contributed by atoms with van der Waals surface area (Å²) in [6.07, 6.45) is 0. The van der Waals surface area contributed by atoms with Crippen molar-refractivity contribution in [3.05, 3.63) is 66.3 Å². The quantitative estimate of drug-likeness (QED) is 0.732. The topological polar surface area (TPSA) is 9.23 Å². The van der Waals surface area contributed by atoms with Gasteiger partial charge in [0.05, 0.1) is 0 Å². The molecule has 2 aromatic carbocycles. The Hall–Kier alpha value is -1.83. The number of benzene rings is 2. The molecule has 0 amide bonds. The lowest BCUT2D eigenvalue weighted by atomic mass is 10.2. The average Bonchev–Trinajstić information content (AvgIpc) is 2.27. The number of hydrogen-bond acceptors (Lipinski definition) is 1. The highest BCUT2D eigenvalue weighted by Gasteiger charge is 2.01. The van der Waals surface area contributed by atoms with Crippen LogP contribution in [0.25, 0.3) is 0 Å². The Bertz CT molecular complexity index is 489. The fraction of sp³-hybridized carbons (Fsp3) is 0.0714. The zero-order valence-electron chi connectivity index (χ0n) is 9.03. The first-order valence-electron chi connectivity index (χ1n) is 5.01. The van der Waals surface area contributed by atoms with Gasteiger partial charge < -0.3 is 4.74 Å². The van der Waals surface area contributed by atoms with Gasteiger partial charge in [0.15, 0.2) is 0 Å². The third-order valence-corrected chi connectivity index (χ3v) is 2.29. The van der Waals surface area contributed by atoms with Crippen molar-refractivity contribution < 1.29 is 9.13 Å². The van der Waals surface area contributed by atoms with E-state index < -0.39 is 0 Å². The lowest BCUT2D eigenvalue weighted by molar-refractivity contribution is 0.479. The summed E-state index contributed by atoms with van der Waals surface area (Å²) in [7, 11) is 0. The van der Waals surface area contributed by atoms with Crippen LogP contribution in [0, 0.1) is 19.7 Å². The molecule has 0 atom stereocenters. The number of rotatable bonds is 2. The predicted molar refractivity (Wildman–Crippen MR) is 62.1 cm³/mol. The molecule has 0 N–H and O–H groups in total. The van der Waals surface area contributed by atoms with Crippen molar-refractivity contribution in [3.8, 4) is 11.5 Å². The Balaban J connectivity index is 2.20. The molecule has 0 aliphatic rings. The maximum absolute atomic E-state index is 13.0. The van der Waals surface area contributed by atoms with Gasteiger partial charge in [0.25, 0.3) is 0 Å². The van der Waals surface area contributed by atoms with Crippen LogP contribution < -0.4 is 4.74 Å². The monoisotopic (exact) mass is 215 g/mol. The molecule has 81 valence electrons. The molecule has 1 radical (unpaired) electrons. The molecule has 0 aromatic heterocycles. The molecule has 2 rings (SSSR count). The van der Waals surface area contributed by atoms with E-state index in [0.29, 0.717) is 11.3 Å². The number of aryl methyl sites for hydroxylation is 1. The van der Waals surface area contributed by atoms with Crippen molar-refractivity contribution in [1.29, 1.82) is 0 Å². The zero-order valence-corrected chi connectivity index (χ0v) is 9.03. The summed E-state index contributed by atoms with van der Waals surface area (Å²) in [5.74, 6) is 1.13. The first-order chi connectivity index (χ1) is 7.65. The Kier molecular flexibility index (Phi) is 2.91. The van der Waals surface area contributed by atoms with Gasteiger partial charge in [-0.15, -0.1) is 0 Å². The zero-order chi connectivity index (χ0) is 11.5. The molecule has 0 heterocycles. The minimum atomic E-state index is -0.222. The molecule has 0 saturated heterocycles. The summed E-state index contributed by atoms with van der Waals surface area (Å²) in [5, 5.41) is 0. The first kappa shape index (κ1) is 10.7. The fourth-order valence-electron chi connectivity index (χ4n) is 1.37. The molecule has 0 aliphatic carbocycles. The van der Waals surface area contributed by atoms with E-state index >= 15 is 0 Å². The summed E-state index contributed by atoms with van der Waals surface area (Å²) >= 11 is 0. The maximum Gasteiger partial charge on any atom is 0.127 e. The lowest BCUT2D eigenvalue weighted by Gasteiger charge is -2.06. The molecular formula is C14H12FO. The summed E-state index contributed by atoms with van der Waals surface area (Å²) < 4.78 is 18.6. The van der Waals surface area contributed by atoms with Gasteiger partial charge in [0, 0.05) is 0 Å². The van der Waals surface area contributed by atoms with Gasteiger partial charge in [-0.1, -0.05) is 12.1 Å². The van der Waals surface area contributed by atoms with Crippen molar-refractivity contribution in [2.45, 2.75) is 6.92 Å². The average molecular weight is 215 g/mol. The van der Waals surface area contributed by atoms with E-state index in [0.717, 1.165) is 11.3 Å². The second-order valence-electron chi connectivity index (χ2n) is 3.66. The molecule has 0 aliphatic heterocycles. The van der Waals surface area contributed by atoms with E-state index in [-0.39, 0.29) is 5.82 Å². The van der Waals surface area contributed by atoms with Crippen LogP contribution in [0.15, 0.2) is 42.5 Å². The number of ether oxygens (including phenoxy) is 1. The highest BCUT2D eigenvalue weighted by atomic mass is 19.1. The van der Waals surface area contributed by atoms with Gasteiger partial charge in [0.2, 0.25) is 0 Å². The van der Waals surface area contributed by atoms with E-state index in [4.69, 9.17) is 4.74 Å². The van der Waals surface area contributed by atoms with E-state index in [1.54, 1.807) is 19.1 Å². The van der Waals surface area contributed by atoms with Crippen LogP contribution >= 0.6 is 0 Å². The molecular weight excluding hydrogens is 203 g/mol. The lowest BCUT2D eigenvalue weighted by Crippen LogP contribution is -1.87. The van der Waals surface area contributed by atoms with E-state index in [1.165, 1.54) is 6.07 Å². The van der Waals surface area contributed by atoms with Crippen LogP contribution in [-0.2, 0) is 0 Å². The second-order valence-corrected chi connectivity index (χ2v) is 3.66. The smallest absolute Gasteiger partial charge is 0.127 e. The standard InChI is InChI=1S/C14H12FO/c1-10-3-5-12(6-4-10)16-13-7-8-14(15)11(2)9-13/h3-9H,1H2,2H3. The van der Waals surface area contributed by atoms with Gasteiger partial charge in [-0.25, -0.2) is 4.39 Å². The predicted octanol–water partition coefficient (Wildman–Crippen LogP) is 4.11. The summed E-state index contributed by atoms with van der Waals surface area (Å²) in [5.41, 5.74) is 1.51. The maximum atomic E-state index is 13.0. The minimum absolute atomic E-state index is 0.222. The molecule has 0 bridgehead atoms. The van der Waals surface area contributed by atoms with Gasteiger partial charge in [-0.05, 0) is 55.3 Å². The van der Waals surface area contributed by atoms with Crippen molar-refractivity contribution in [2.24, 2.45) is 0 Å². The third kappa shape index (κ3) is 2.40. The van der Waals surface area contributed by atoms with Crippen LogP contribution in [0.5, 0.6) is 11.5 Å². The van der Waals surface area contributed by atoms with Gasteiger partial charge >= 0.3 is 0 Å². The fourth-order valence-corrected chi connectivity index (χ4v) is 1.37. The normalized spacial score (nSPS) is 10.2. The van der Waals surface area contributed by atoms with Gasteiger partial charge in [-0.2, -0.15) is 0 Å². The SMILES string of the molecule is [CH2]c1ccc(Oc2ccc(F)c(C)c2)cc1. The third-order valence-electron chi connectivity index (χ3n) is 2.29. The molecule has 0 spiro atoms. The number of halogens is 1. The van der Waals surface area contributed by atoms with Crippen molar-refractivity contribution in [3.63, 3.8) is 0 Å². The molecule has 1 nitrogen and oxygen atoms in total. The summed E-state index contributed by atoms with van der Waals surface area (Å²) in [6.45, 7) is 5.50. The molecule has 2 aromatic rings. The second kappa shape index (κ2) is 4.35. The van der Waals surface area contributed by atoms with E-state index in [9.17, 15) is 4.39 Å². The summed E-state index contributed by atoms with van der Waals surface area (Å²) in [6, 6.07) is 12.1. The van der Waals surface area contributed by atoms with Crippen molar-refractivity contribution in [1.82, 2.24) is 0 Å². The minimum Gasteiger partial charge on any atom is -0.457 e. The largest absolute Gasteiger partial charge is 0.457 e. The Labute approximate surface area is 94.5 Å².